The lowest BCUT2D eigenvalue weighted by Crippen LogP contribution is -2.42. The van der Waals surface area contributed by atoms with Crippen LogP contribution < -0.4 is 19.7 Å². The molecular weight excluding hydrogens is 378 g/mol. The maximum atomic E-state index is 12.2. The van der Waals surface area contributed by atoms with Crippen LogP contribution in [-0.2, 0) is 16.6 Å². The number of benzene rings is 1. The van der Waals surface area contributed by atoms with Crippen LogP contribution in [0.15, 0.2) is 23.0 Å². The molecule has 0 saturated heterocycles. The third-order valence-electron chi connectivity index (χ3n) is 4.56. The Morgan fingerprint density at radius 3 is 2.69 bits per heavy atom. The van der Waals surface area contributed by atoms with Crippen LogP contribution in [0.25, 0.3) is 10.9 Å². The minimum Gasteiger partial charge on any atom is -0.495 e. The van der Waals surface area contributed by atoms with E-state index in [1.807, 2.05) is 0 Å². The molecule has 0 aliphatic heterocycles. The van der Waals surface area contributed by atoms with Gasteiger partial charge in [-0.2, -0.15) is 13.1 Å². The van der Waals surface area contributed by atoms with Crippen molar-refractivity contribution in [2.24, 2.45) is 0 Å². The van der Waals surface area contributed by atoms with Gasteiger partial charge in [0.25, 0.3) is 15.8 Å². The Balaban J connectivity index is 1.69. The first-order valence-corrected chi connectivity index (χ1v) is 10.4. The summed E-state index contributed by atoms with van der Waals surface area (Å²) in [6.45, 7) is 0.140. The van der Waals surface area contributed by atoms with Crippen molar-refractivity contribution in [3.63, 3.8) is 0 Å². The number of halogens is 1. The maximum absolute atomic E-state index is 12.2. The number of H-pyrrole nitrogens is 1. The standard InChI is InChI=1S/C17H22ClN3O4S/c1-25-16-9-12-8-11(17(22)20-15(12)10-14(16)18)6-7-19-26(23,24)21-13-4-2-3-5-13/h8-10,13,19,21H,2-7H2,1H3,(H,20,22). The van der Waals surface area contributed by atoms with Gasteiger partial charge in [0.05, 0.1) is 17.6 Å². The van der Waals surface area contributed by atoms with E-state index in [0.717, 1.165) is 31.1 Å². The van der Waals surface area contributed by atoms with E-state index < -0.39 is 10.2 Å². The van der Waals surface area contributed by atoms with Gasteiger partial charge in [-0.05, 0) is 37.5 Å². The highest BCUT2D eigenvalue weighted by molar-refractivity contribution is 7.87. The average Bonchev–Trinajstić information content (AvgIpc) is 3.07. The van der Waals surface area contributed by atoms with Gasteiger partial charge in [0.1, 0.15) is 5.75 Å². The predicted molar refractivity (Wildman–Crippen MR) is 102 cm³/mol. The molecule has 1 heterocycles. The number of nitrogens with one attached hydrogen (secondary N) is 3. The minimum absolute atomic E-state index is 0.00813. The summed E-state index contributed by atoms with van der Waals surface area (Å²) in [6.07, 6.45) is 4.12. The van der Waals surface area contributed by atoms with Gasteiger partial charge in [0, 0.05) is 23.5 Å². The smallest absolute Gasteiger partial charge is 0.277 e. The molecule has 0 radical (unpaired) electrons. The first kappa shape index (κ1) is 19.2. The molecule has 2 aromatic rings. The number of methoxy groups -OCH3 is 1. The number of ether oxygens (including phenoxy) is 1. The van der Waals surface area contributed by atoms with Crippen LogP contribution >= 0.6 is 11.6 Å². The van der Waals surface area contributed by atoms with Crippen molar-refractivity contribution < 1.29 is 13.2 Å². The van der Waals surface area contributed by atoms with Gasteiger partial charge in [0.2, 0.25) is 0 Å². The number of hydrogen-bond acceptors (Lipinski definition) is 4. The van der Waals surface area contributed by atoms with E-state index >= 15 is 0 Å². The molecule has 1 aromatic carbocycles. The lowest BCUT2D eigenvalue weighted by molar-refractivity contribution is 0.415. The van der Waals surface area contributed by atoms with Crippen molar-refractivity contribution in [2.45, 2.75) is 38.1 Å². The van der Waals surface area contributed by atoms with Crippen molar-refractivity contribution in [2.75, 3.05) is 13.7 Å². The molecule has 9 heteroatoms. The van der Waals surface area contributed by atoms with Crippen molar-refractivity contribution in [3.05, 3.63) is 39.1 Å². The fourth-order valence-corrected chi connectivity index (χ4v) is 4.59. The summed E-state index contributed by atoms with van der Waals surface area (Å²) >= 11 is 6.07. The van der Waals surface area contributed by atoms with Crippen LogP contribution in [0.5, 0.6) is 5.75 Å². The van der Waals surface area contributed by atoms with Crippen LogP contribution in [0.1, 0.15) is 31.2 Å². The Hall–Kier alpha value is -1.61. The lowest BCUT2D eigenvalue weighted by atomic mass is 10.1. The van der Waals surface area contributed by atoms with E-state index in [2.05, 4.69) is 14.4 Å². The normalized spacial score (nSPS) is 15.6. The van der Waals surface area contributed by atoms with Gasteiger partial charge in [-0.25, -0.2) is 4.72 Å². The Bertz CT molecular complexity index is 952. The van der Waals surface area contributed by atoms with E-state index in [-0.39, 0.29) is 24.6 Å². The number of rotatable bonds is 7. The zero-order valence-electron chi connectivity index (χ0n) is 14.5. The molecule has 1 fully saturated rings. The molecule has 1 aliphatic rings. The van der Waals surface area contributed by atoms with Gasteiger partial charge in [0.15, 0.2) is 0 Å². The highest BCUT2D eigenvalue weighted by Gasteiger charge is 2.20. The van der Waals surface area contributed by atoms with E-state index in [1.54, 1.807) is 18.2 Å². The number of hydrogen-bond donors (Lipinski definition) is 3. The lowest BCUT2D eigenvalue weighted by Gasteiger charge is -2.13. The van der Waals surface area contributed by atoms with Crippen LogP contribution in [0.4, 0.5) is 0 Å². The van der Waals surface area contributed by atoms with Crippen LogP contribution in [-0.4, -0.2) is 33.1 Å². The van der Waals surface area contributed by atoms with Gasteiger partial charge in [-0.15, -0.1) is 0 Å². The van der Waals surface area contributed by atoms with Gasteiger partial charge in [-0.1, -0.05) is 24.4 Å². The third kappa shape index (κ3) is 4.56. The molecule has 0 bridgehead atoms. The molecule has 3 rings (SSSR count). The molecular formula is C17H22ClN3O4S. The molecule has 0 spiro atoms. The molecule has 142 valence electrons. The zero-order valence-corrected chi connectivity index (χ0v) is 16.0. The highest BCUT2D eigenvalue weighted by Crippen LogP contribution is 2.28. The van der Waals surface area contributed by atoms with Crippen LogP contribution in [0.2, 0.25) is 5.02 Å². The number of aromatic amines is 1. The van der Waals surface area contributed by atoms with Crippen LogP contribution in [0, 0.1) is 0 Å². The molecule has 1 aromatic heterocycles. The van der Waals surface area contributed by atoms with Gasteiger partial charge in [-0.3, -0.25) is 4.79 Å². The van der Waals surface area contributed by atoms with Gasteiger partial charge >= 0.3 is 0 Å². The summed E-state index contributed by atoms with van der Waals surface area (Å²) in [5, 5.41) is 1.18. The van der Waals surface area contributed by atoms with E-state index in [0.29, 0.717) is 21.9 Å². The average molecular weight is 400 g/mol. The van der Waals surface area contributed by atoms with Crippen molar-refractivity contribution >= 4 is 32.7 Å². The summed E-state index contributed by atoms with van der Waals surface area (Å²) < 4.78 is 34.5. The number of pyridine rings is 1. The molecule has 7 nitrogen and oxygen atoms in total. The fraction of sp³-hybridized carbons (Fsp3) is 0.471. The van der Waals surface area contributed by atoms with Crippen molar-refractivity contribution in [1.82, 2.24) is 14.4 Å². The van der Waals surface area contributed by atoms with Crippen molar-refractivity contribution in [1.29, 1.82) is 0 Å². The zero-order chi connectivity index (χ0) is 18.7. The SMILES string of the molecule is COc1cc2cc(CCNS(=O)(=O)NC3CCCC3)c(=O)[nH]c2cc1Cl. The molecule has 0 amide bonds. The number of aromatic nitrogens is 1. The third-order valence-corrected chi connectivity index (χ3v) is 6.08. The Kier molecular flexibility index (Phi) is 5.86. The largest absolute Gasteiger partial charge is 0.495 e. The quantitative estimate of drug-likeness (QED) is 0.663. The predicted octanol–water partition coefficient (Wildman–Crippen LogP) is 2.10. The summed E-state index contributed by atoms with van der Waals surface area (Å²) in [6, 6.07) is 5.11. The molecule has 0 unspecified atom stereocenters. The molecule has 26 heavy (non-hydrogen) atoms. The fourth-order valence-electron chi connectivity index (χ4n) is 3.22. The summed E-state index contributed by atoms with van der Waals surface area (Å²) in [5.74, 6) is 0.513. The second kappa shape index (κ2) is 7.96. The highest BCUT2D eigenvalue weighted by atomic mass is 35.5. The minimum atomic E-state index is -3.56. The van der Waals surface area contributed by atoms with Gasteiger partial charge < -0.3 is 9.72 Å². The summed E-state index contributed by atoms with van der Waals surface area (Å²) in [5.41, 5.74) is 0.833. The molecule has 0 atom stereocenters. The second-order valence-corrected chi connectivity index (χ2v) is 8.38. The van der Waals surface area contributed by atoms with Crippen molar-refractivity contribution in [3.8, 4) is 5.75 Å². The molecule has 3 N–H and O–H groups in total. The second-order valence-electron chi connectivity index (χ2n) is 6.44. The molecule has 1 saturated carbocycles. The Labute approximate surface area is 157 Å². The Morgan fingerprint density at radius 2 is 2.00 bits per heavy atom. The Morgan fingerprint density at radius 1 is 1.27 bits per heavy atom. The first-order chi connectivity index (χ1) is 12.4. The maximum Gasteiger partial charge on any atom is 0.277 e. The number of fused-ring (bicyclic) bond motifs is 1. The van der Waals surface area contributed by atoms with E-state index in [1.165, 1.54) is 7.11 Å². The monoisotopic (exact) mass is 399 g/mol. The topological polar surface area (TPSA) is 100 Å². The van der Waals surface area contributed by atoms with Crippen LogP contribution in [0.3, 0.4) is 0 Å². The molecule has 1 aliphatic carbocycles. The van der Waals surface area contributed by atoms with E-state index in [4.69, 9.17) is 16.3 Å². The van der Waals surface area contributed by atoms with E-state index in [9.17, 15) is 13.2 Å². The summed E-state index contributed by atoms with van der Waals surface area (Å²) in [4.78, 5) is 15.0. The first-order valence-electron chi connectivity index (χ1n) is 8.54. The summed E-state index contributed by atoms with van der Waals surface area (Å²) in [7, 11) is -2.04.